The number of sulfone groups is 1. The maximum Gasteiger partial charge on any atom is 0.233 e. The first-order valence-electron chi connectivity index (χ1n) is 7.09. The van der Waals surface area contributed by atoms with Gasteiger partial charge in [0.15, 0.2) is 9.84 Å². The summed E-state index contributed by atoms with van der Waals surface area (Å²) < 4.78 is 22.9. The SMILES string of the molecule is Cc1cccc(NC(=O)CC(=O)N(C)C2CCS(=O)(=O)C2)c1. The monoisotopic (exact) mass is 324 g/mol. The first kappa shape index (κ1) is 16.5. The van der Waals surface area contributed by atoms with E-state index in [4.69, 9.17) is 0 Å². The maximum absolute atomic E-state index is 12.1. The van der Waals surface area contributed by atoms with E-state index >= 15 is 0 Å². The van der Waals surface area contributed by atoms with Crippen molar-refractivity contribution in [1.29, 1.82) is 0 Å². The number of hydrogen-bond donors (Lipinski definition) is 1. The van der Waals surface area contributed by atoms with Crippen molar-refractivity contribution < 1.29 is 18.0 Å². The Kier molecular flexibility index (Phi) is 4.85. The number of hydrogen-bond acceptors (Lipinski definition) is 4. The molecule has 1 aromatic carbocycles. The molecule has 1 aliphatic heterocycles. The van der Waals surface area contributed by atoms with Crippen molar-refractivity contribution in [3.05, 3.63) is 29.8 Å². The third-order valence-corrected chi connectivity index (χ3v) is 5.51. The van der Waals surface area contributed by atoms with E-state index in [0.29, 0.717) is 12.1 Å². The molecular formula is C15H20N2O4S. The van der Waals surface area contributed by atoms with E-state index in [1.807, 2.05) is 25.1 Å². The minimum atomic E-state index is -3.05. The third-order valence-electron chi connectivity index (χ3n) is 3.76. The Morgan fingerprint density at radius 1 is 1.36 bits per heavy atom. The highest BCUT2D eigenvalue weighted by atomic mass is 32.2. The number of nitrogens with zero attached hydrogens (tertiary/aromatic N) is 1. The minimum Gasteiger partial charge on any atom is -0.341 e. The van der Waals surface area contributed by atoms with Crippen molar-refractivity contribution in [2.75, 3.05) is 23.9 Å². The lowest BCUT2D eigenvalue weighted by Gasteiger charge is -2.23. The lowest BCUT2D eigenvalue weighted by molar-refractivity contribution is -0.134. The van der Waals surface area contributed by atoms with Gasteiger partial charge in [0.1, 0.15) is 6.42 Å². The van der Waals surface area contributed by atoms with Gasteiger partial charge in [-0.2, -0.15) is 0 Å². The number of nitrogens with one attached hydrogen (secondary N) is 1. The lowest BCUT2D eigenvalue weighted by atomic mass is 10.2. The quantitative estimate of drug-likeness (QED) is 0.837. The van der Waals surface area contributed by atoms with Gasteiger partial charge in [-0.3, -0.25) is 9.59 Å². The number of amides is 2. The van der Waals surface area contributed by atoms with E-state index < -0.39 is 15.7 Å². The summed E-state index contributed by atoms with van der Waals surface area (Å²) in [4.78, 5) is 25.4. The van der Waals surface area contributed by atoms with Crippen LogP contribution in [-0.2, 0) is 19.4 Å². The van der Waals surface area contributed by atoms with Crippen LogP contribution in [0.2, 0.25) is 0 Å². The lowest BCUT2D eigenvalue weighted by Crippen LogP contribution is -2.39. The van der Waals surface area contributed by atoms with Gasteiger partial charge in [0, 0.05) is 18.8 Å². The zero-order valence-electron chi connectivity index (χ0n) is 12.7. The minimum absolute atomic E-state index is 0.0191. The van der Waals surface area contributed by atoms with Gasteiger partial charge >= 0.3 is 0 Å². The topological polar surface area (TPSA) is 83.6 Å². The number of carbonyl (C=O) groups excluding carboxylic acids is 2. The fourth-order valence-corrected chi connectivity index (χ4v) is 4.25. The molecule has 0 saturated carbocycles. The number of carbonyl (C=O) groups is 2. The predicted molar refractivity (Wildman–Crippen MR) is 84.3 cm³/mol. The van der Waals surface area contributed by atoms with Crippen LogP contribution in [0.15, 0.2) is 24.3 Å². The van der Waals surface area contributed by atoms with Gasteiger partial charge in [-0.05, 0) is 31.0 Å². The first-order valence-corrected chi connectivity index (χ1v) is 8.91. The summed E-state index contributed by atoms with van der Waals surface area (Å²) in [6, 6.07) is 6.97. The highest BCUT2D eigenvalue weighted by Gasteiger charge is 2.33. The summed E-state index contributed by atoms with van der Waals surface area (Å²) in [5.41, 5.74) is 1.65. The standard InChI is InChI=1S/C15H20N2O4S/c1-11-4-3-5-12(8-11)16-14(18)9-15(19)17(2)13-6-7-22(20,21)10-13/h3-5,8,13H,6-7,9-10H2,1-2H3,(H,16,18). The van der Waals surface area contributed by atoms with E-state index in [1.165, 1.54) is 4.90 Å². The summed E-state index contributed by atoms with van der Waals surface area (Å²) in [6.45, 7) is 1.91. The predicted octanol–water partition coefficient (Wildman–Crippen LogP) is 0.969. The maximum atomic E-state index is 12.1. The van der Waals surface area contributed by atoms with Crippen LogP contribution in [0, 0.1) is 6.92 Å². The number of benzene rings is 1. The van der Waals surface area contributed by atoms with Crippen molar-refractivity contribution in [3.63, 3.8) is 0 Å². The molecule has 0 spiro atoms. The van der Waals surface area contributed by atoms with E-state index in [0.717, 1.165) is 5.56 Å². The van der Waals surface area contributed by atoms with Crippen LogP contribution in [0.4, 0.5) is 5.69 Å². The molecule has 1 aromatic rings. The Bertz CT molecular complexity index is 685. The van der Waals surface area contributed by atoms with E-state index in [1.54, 1.807) is 13.1 Å². The molecule has 0 bridgehead atoms. The Labute approximate surface area is 130 Å². The molecule has 0 aromatic heterocycles. The fraction of sp³-hybridized carbons (Fsp3) is 0.467. The summed E-state index contributed by atoms with van der Waals surface area (Å²) in [5, 5.41) is 2.67. The number of aryl methyl sites for hydroxylation is 1. The number of rotatable bonds is 4. The zero-order valence-corrected chi connectivity index (χ0v) is 13.5. The molecule has 2 amide bonds. The smallest absolute Gasteiger partial charge is 0.233 e. The van der Waals surface area contributed by atoms with Crippen LogP contribution in [-0.4, -0.2) is 49.7 Å². The Morgan fingerprint density at radius 3 is 2.68 bits per heavy atom. The van der Waals surface area contributed by atoms with Gasteiger partial charge in [-0.1, -0.05) is 12.1 Å². The Hall–Kier alpha value is -1.89. The van der Waals surface area contributed by atoms with E-state index in [-0.39, 0.29) is 29.9 Å². The molecule has 1 fully saturated rings. The molecule has 120 valence electrons. The highest BCUT2D eigenvalue weighted by Crippen LogP contribution is 2.17. The largest absolute Gasteiger partial charge is 0.341 e. The number of anilines is 1. The molecule has 0 aliphatic carbocycles. The van der Waals surface area contributed by atoms with Gasteiger partial charge in [-0.25, -0.2) is 8.42 Å². The molecule has 6 nitrogen and oxygen atoms in total. The van der Waals surface area contributed by atoms with Gasteiger partial charge in [0.25, 0.3) is 0 Å². The molecule has 0 radical (unpaired) electrons. The van der Waals surface area contributed by atoms with Crippen LogP contribution >= 0.6 is 0 Å². The van der Waals surface area contributed by atoms with Crippen molar-refractivity contribution in [3.8, 4) is 0 Å². The van der Waals surface area contributed by atoms with Gasteiger partial charge in [0.2, 0.25) is 11.8 Å². The third kappa shape index (κ3) is 4.30. The van der Waals surface area contributed by atoms with Crippen LogP contribution in [0.25, 0.3) is 0 Å². The van der Waals surface area contributed by atoms with Crippen molar-refractivity contribution >= 4 is 27.3 Å². The van der Waals surface area contributed by atoms with E-state index in [9.17, 15) is 18.0 Å². The molecule has 22 heavy (non-hydrogen) atoms. The van der Waals surface area contributed by atoms with Gasteiger partial charge < -0.3 is 10.2 Å². The molecule has 1 unspecified atom stereocenters. The average Bonchev–Trinajstić information content (AvgIpc) is 2.78. The van der Waals surface area contributed by atoms with Crippen molar-refractivity contribution in [2.24, 2.45) is 0 Å². The summed E-state index contributed by atoms with van der Waals surface area (Å²) in [7, 11) is -1.50. The van der Waals surface area contributed by atoms with Crippen LogP contribution in [0.3, 0.4) is 0 Å². The van der Waals surface area contributed by atoms with Gasteiger partial charge in [0.05, 0.1) is 11.5 Å². The Balaban J connectivity index is 1.90. The second-order valence-electron chi connectivity index (χ2n) is 5.66. The molecule has 1 heterocycles. The second-order valence-corrected chi connectivity index (χ2v) is 7.88. The molecule has 1 aliphatic rings. The van der Waals surface area contributed by atoms with Crippen LogP contribution < -0.4 is 5.32 Å². The molecule has 1 atom stereocenters. The second kappa shape index (κ2) is 6.48. The van der Waals surface area contributed by atoms with Crippen molar-refractivity contribution in [1.82, 2.24) is 4.90 Å². The van der Waals surface area contributed by atoms with Crippen LogP contribution in [0.1, 0.15) is 18.4 Å². The van der Waals surface area contributed by atoms with Gasteiger partial charge in [-0.15, -0.1) is 0 Å². The van der Waals surface area contributed by atoms with Crippen LogP contribution in [0.5, 0.6) is 0 Å². The summed E-state index contributed by atoms with van der Waals surface area (Å²) in [5.74, 6) is -0.685. The fourth-order valence-electron chi connectivity index (χ4n) is 2.47. The van der Waals surface area contributed by atoms with E-state index in [2.05, 4.69) is 5.32 Å². The normalized spacial score (nSPS) is 19.6. The molecule has 1 N–H and O–H groups in total. The molecule has 1 saturated heterocycles. The average molecular weight is 324 g/mol. The Morgan fingerprint density at radius 2 is 2.09 bits per heavy atom. The molecular weight excluding hydrogens is 304 g/mol. The highest BCUT2D eigenvalue weighted by molar-refractivity contribution is 7.91. The molecule has 7 heteroatoms. The first-order chi connectivity index (χ1) is 10.3. The van der Waals surface area contributed by atoms with Crippen molar-refractivity contribution in [2.45, 2.75) is 25.8 Å². The summed E-state index contributed by atoms with van der Waals surface area (Å²) >= 11 is 0. The molecule has 2 rings (SSSR count). The summed E-state index contributed by atoms with van der Waals surface area (Å²) in [6.07, 6.45) is 0.144. The zero-order chi connectivity index (χ0) is 16.3.